The smallest absolute Gasteiger partial charge is 0.329 e. The largest absolute Gasteiger partial charge is 0.454 e. The zero-order chi connectivity index (χ0) is 22.8. The maximum atomic E-state index is 12.7. The molecule has 0 aliphatic heterocycles. The number of halogens is 1. The van der Waals surface area contributed by atoms with E-state index in [1.165, 1.54) is 0 Å². The second-order valence-electron chi connectivity index (χ2n) is 7.09. The Morgan fingerprint density at radius 1 is 0.812 bits per heavy atom. The Bertz CT molecular complexity index is 1040. The molecule has 0 aromatic heterocycles. The van der Waals surface area contributed by atoms with Crippen LogP contribution in [0.4, 0.5) is 0 Å². The SMILES string of the molecule is O=C(COC(=O)[C@@H](Cc1ccccc1)NC(=O)c1ccccc1)NCc1ccc(Cl)cc1. The van der Waals surface area contributed by atoms with Crippen molar-refractivity contribution in [3.05, 3.63) is 107 Å². The first-order valence-electron chi connectivity index (χ1n) is 10.1. The van der Waals surface area contributed by atoms with Crippen molar-refractivity contribution in [2.45, 2.75) is 19.0 Å². The summed E-state index contributed by atoms with van der Waals surface area (Å²) >= 11 is 5.85. The summed E-state index contributed by atoms with van der Waals surface area (Å²) in [6, 6.07) is 24.0. The topological polar surface area (TPSA) is 84.5 Å². The minimum Gasteiger partial charge on any atom is -0.454 e. The van der Waals surface area contributed by atoms with Crippen LogP contribution in [0.2, 0.25) is 5.02 Å². The van der Waals surface area contributed by atoms with Crippen LogP contribution < -0.4 is 10.6 Å². The van der Waals surface area contributed by atoms with Gasteiger partial charge in [0.25, 0.3) is 11.8 Å². The summed E-state index contributed by atoms with van der Waals surface area (Å²) in [5.74, 6) is -1.52. The van der Waals surface area contributed by atoms with Crippen molar-refractivity contribution < 1.29 is 19.1 Å². The summed E-state index contributed by atoms with van der Waals surface area (Å²) < 4.78 is 5.20. The highest BCUT2D eigenvalue weighted by atomic mass is 35.5. The zero-order valence-electron chi connectivity index (χ0n) is 17.3. The molecule has 3 rings (SSSR count). The summed E-state index contributed by atoms with van der Waals surface area (Å²) in [5.41, 5.74) is 2.15. The third kappa shape index (κ3) is 7.25. The van der Waals surface area contributed by atoms with Crippen LogP contribution in [0.15, 0.2) is 84.9 Å². The van der Waals surface area contributed by atoms with E-state index >= 15 is 0 Å². The third-order valence-corrected chi connectivity index (χ3v) is 4.91. The van der Waals surface area contributed by atoms with E-state index in [1.807, 2.05) is 30.3 Å². The zero-order valence-corrected chi connectivity index (χ0v) is 18.0. The van der Waals surface area contributed by atoms with Gasteiger partial charge in [-0.1, -0.05) is 72.3 Å². The Morgan fingerprint density at radius 3 is 2.09 bits per heavy atom. The highest BCUT2D eigenvalue weighted by Crippen LogP contribution is 2.09. The van der Waals surface area contributed by atoms with Crippen molar-refractivity contribution in [3.8, 4) is 0 Å². The van der Waals surface area contributed by atoms with Crippen molar-refractivity contribution in [2.75, 3.05) is 6.61 Å². The van der Waals surface area contributed by atoms with Crippen LogP contribution in [0.3, 0.4) is 0 Å². The predicted octanol–water partition coefficient (Wildman–Crippen LogP) is 3.54. The van der Waals surface area contributed by atoms with Crippen LogP contribution in [0, 0.1) is 0 Å². The summed E-state index contributed by atoms with van der Waals surface area (Å²) in [6.07, 6.45) is 0.241. The van der Waals surface area contributed by atoms with Gasteiger partial charge >= 0.3 is 5.97 Å². The molecular formula is C25H23ClN2O4. The average Bonchev–Trinajstić information content (AvgIpc) is 2.83. The maximum absolute atomic E-state index is 12.7. The van der Waals surface area contributed by atoms with E-state index in [1.54, 1.807) is 54.6 Å². The van der Waals surface area contributed by atoms with E-state index in [4.69, 9.17) is 16.3 Å². The van der Waals surface area contributed by atoms with Crippen LogP contribution in [-0.4, -0.2) is 30.4 Å². The van der Waals surface area contributed by atoms with E-state index in [-0.39, 0.29) is 13.0 Å². The van der Waals surface area contributed by atoms with Gasteiger partial charge in [-0.2, -0.15) is 0 Å². The Kier molecular flexibility index (Phi) is 8.40. The molecule has 0 spiro atoms. The third-order valence-electron chi connectivity index (χ3n) is 4.66. The minimum absolute atomic E-state index is 0.241. The lowest BCUT2D eigenvalue weighted by Gasteiger charge is -2.18. The number of benzene rings is 3. The molecule has 7 heteroatoms. The number of carbonyl (C=O) groups excluding carboxylic acids is 3. The number of carbonyl (C=O) groups is 3. The summed E-state index contributed by atoms with van der Waals surface area (Å²) in [7, 11) is 0. The van der Waals surface area contributed by atoms with Gasteiger partial charge < -0.3 is 15.4 Å². The molecule has 6 nitrogen and oxygen atoms in total. The summed E-state index contributed by atoms with van der Waals surface area (Å²) in [6.45, 7) is -0.162. The first-order valence-corrected chi connectivity index (χ1v) is 10.5. The molecule has 0 bridgehead atoms. The van der Waals surface area contributed by atoms with Crippen molar-refractivity contribution in [1.82, 2.24) is 10.6 Å². The van der Waals surface area contributed by atoms with E-state index in [2.05, 4.69) is 10.6 Å². The number of hydrogen-bond acceptors (Lipinski definition) is 4. The van der Waals surface area contributed by atoms with Gasteiger partial charge in [-0.15, -0.1) is 0 Å². The molecule has 0 radical (unpaired) electrons. The maximum Gasteiger partial charge on any atom is 0.329 e. The Balaban J connectivity index is 1.57. The second kappa shape index (κ2) is 11.7. The first-order chi connectivity index (χ1) is 15.5. The van der Waals surface area contributed by atoms with Gasteiger partial charge in [0.1, 0.15) is 6.04 Å². The van der Waals surface area contributed by atoms with Crippen LogP contribution in [0.5, 0.6) is 0 Å². The predicted molar refractivity (Wildman–Crippen MR) is 122 cm³/mol. The molecule has 0 aliphatic carbocycles. The monoisotopic (exact) mass is 450 g/mol. The van der Waals surface area contributed by atoms with Gasteiger partial charge in [-0.25, -0.2) is 4.79 Å². The molecule has 0 heterocycles. The molecule has 2 N–H and O–H groups in total. The summed E-state index contributed by atoms with van der Waals surface area (Å²) in [4.78, 5) is 37.4. The van der Waals surface area contributed by atoms with Gasteiger partial charge in [0.2, 0.25) is 0 Å². The van der Waals surface area contributed by atoms with Crippen molar-refractivity contribution in [3.63, 3.8) is 0 Å². The fraction of sp³-hybridized carbons (Fsp3) is 0.160. The second-order valence-corrected chi connectivity index (χ2v) is 7.53. The lowest BCUT2D eigenvalue weighted by atomic mass is 10.1. The van der Waals surface area contributed by atoms with Gasteiger partial charge in [-0.3, -0.25) is 9.59 Å². The minimum atomic E-state index is -0.936. The lowest BCUT2D eigenvalue weighted by molar-refractivity contribution is -0.150. The highest BCUT2D eigenvalue weighted by molar-refractivity contribution is 6.30. The van der Waals surface area contributed by atoms with Gasteiger partial charge in [0.15, 0.2) is 6.61 Å². The lowest BCUT2D eigenvalue weighted by Crippen LogP contribution is -2.44. The number of nitrogens with one attached hydrogen (secondary N) is 2. The van der Waals surface area contributed by atoms with E-state index in [9.17, 15) is 14.4 Å². The first kappa shape index (κ1) is 23.0. The molecular weight excluding hydrogens is 428 g/mol. The Morgan fingerprint density at radius 2 is 1.44 bits per heavy atom. The molecule has 1 atom stereocenters. The van der Waals surface area contributed by atoms with E-state index < -0.39 is 30.4 Å². The van der Waals surface area contributed by atoms with Crippen molar-refractivity contribution >= 4 is 29.4 Å². The molecule has 32 heavy (non-hydrogen) atoms. The van der Waals surface area contributed by atoms with Gasteiger partial charge in [-0.05, 0) is 35.4 Å². The highest BCUT2D eigenvalue weighted by Gasteiger charge is 2.24. The molecule has 3 aromatic rings. The molecule has 0 saturated heterocycles. The van der Waals surface area contributed by atoms with E-state index in [0.29, 0.717) is 10.6 Å². The molecule has 0 saturated carbocycles. The number of ether oxygens (including phenoxy) is 1. The molecule has 164 valence electrons. The molecule has 0 fully saturated rings. The average molecular weight is 451 g/mol. The van der Waals surface area contributed by atoms with Crippen molar-refractivity contribution in [2.24, 2.45) is 0 Å². The number of rotatable bonds is 9. The number of hydrogen-bond donors (Lipinski definition) is 2. The Hall–Kier alpha value is -3.64. The van der Waals surface area contributed by atoms with Crippen LogP contribution in [0.25, 0.3) is 0 Å². The number of esters is 1. The van der Waals surface area contributed by atoms with Crippen LogP contribution >= 0.6 is 11.6 Å². The fourth-order valence-corrected chi connectivity index (χ4v) is 3.09. The summed E-state index contributed by atoms with van der Waals surface area (Å²) in [5, 5.41) is 6.00. The number of amides is 2. The normalized spacial score (nSPS) is 11.3. The molecule has 0 unspecified atom stereocenters. The molecule has 0 aliphatic rings. The van der Waals surface area contributed by atoms with Crippen LogP contribution in [-0.2, 0) is 27.3 Å². The van der Waals surface area contributed by atoms with Gasteiger partial charge in [0.05, 0.1) is 0 Å². The van der Waals surface area contributed by atoms with Crippen LogP contribution in [0.1, 0.15) is 21.5 Å². The van der Waals surface area contributed by atoms with Gasteiger partial charge in [0, 0.05) is 23.6 Å². The van der Waals surface area contributed by atoms with E-state index in [0.717, 1.165) is 11.1 Å². The molecule has 3 aromatic carbocycles. The standard InChI is InChI=1S/C25H23ClN2O4/c26-21-13-11-19(12-14-21)16-27-23(29)17-32-25(31)22(15-18-7-3-1-4-8-18)28-24(30)20-9-5-2-6-10-20/h1-14,22H,15-17H2,(H,27,29)(H,28,30)/t22-/m1/s1. The fourth-order valence-electron chi connectivity index (χ4n) is 2.97. The van der Waals surface area contributed by atoms with Crippen molar-refractivity contribution in [1.29, 1.82) is 0 Å². The quantitative estimate of drug-likeness (QED) is 0.488. The Labute approximate surface area is 191 Å². The molecule has 2 amide bonds.